The molecule has 0 saturated carbocycles. The first-order chi connectivity index (χ1) is 25.6. The van der Waals surface area contributed by atoms with Gasteiger partial charge in [0.1, 0.15) is 5.25 Å². The van der Waals surface area contributed by atoms with Gasteiger partial charge in [-0.3, -0.25) is 9.59 Å². The highest BCUT2D eigenvalue weighted by molar-refractivity contribution is 8.00. The molecular formula is C46H87NO4S. The molecule has 0 aliphatic carbocycles. The van der Waals surface area contributed by atoms with E-state index in [1.807, 2.05) is 0 Å². The minimum atomic E-state index is -0.489. The number of unbranched alkanes of at least 4 members (excludes halogenated alkanes) is 24. The van der Waals surface area contributed by atoms with Crippen LogP contribution in [0.1, 0.15) is 214 Å². The second-order valence-electron chi connectivity index (χ2n) is 14.9. The second-order valence-corrected chi connectivity index (χ2v) is 16.2. The predicted molar refractivity (Wildman–Crippen MR) is 229 cm³/mol. The van der Waals surface area contributed by atoms with Crippen LogP contribution in [0.5, 0.6) is 0 Å². The maximum atomic E-state index is 13.0. The Morgan fingerprint density at radius 3 is 1.27 bits per heavy atom. The SMILES string of the molecule is CCCCCCCC/C=C\CCCCCCCCOC(=O)CC(SCCN(CC)CC)C(=O)OCCCCCCCC/C=C\CCCCCCCC. The number of carbonyl (C=O) groups excluding carboxylic acids is 2. The molecule has 0 N–H and O–H groups in total. The van der Waals surface area contributed by atoms with Crippen molar-refractivity contribution in [1.29, 1.82) is 0 Å². The molecule has 1 atom stereocenters. The molecule has 1 unspecified atom stereocenters. The van der Waals surface area contributed by atoms with Crippen molar-refractivity contribution in [1.82, 2.24) is 4.90 Å². The first-order valence-electron chi connectivity index (χ1n) is 22.5. The lowest BCUT2D eigenvalue weighted by atomic mass is 10.1. The molecule has 5 nitrogen and oxygen atoms in total. The van der Waals surface area contributed by atoms with Crippen LogP contribution in [0.15, 0.2) is 24.3 Å². The molecule has 0 aromatic rings. The Labute approximate surface area is 328 Å². The molecule has 0 heterocycles. The lowest BCUT2D eigenvalue weighted by Crippen LogP contribution is -2.29. The van der Waals surface area contributed by atoms with E-state index in [-0.39, 0.29) is 18.4 Å². The van der Waals surface area contributed by atoms with Crippen LogP contribution >= 0.6 is 11.8 Å². The summed E-state index contributed by atoms with van der Waals surface area (Å²) in [6.45, 7) is 12.6. The molecule has 0 aromatic heterocycles. The Bertz CT molecular complexity index is 812. The third kappa shape index (κ3) is 37.1. The molecule has 0 aromatic carbocycles. The van der Waals surface area contributed by atoms with Gasteiger partial charge in [0.05, 0.1) is 19.6 Å². The van der Waals surface area contributed by atoms with Crippen LogP contribution in [0.4, 0.5) is 0 Å². The lowest BCUT2D eigenvalue weighted by Gasteiger charge is -2.20. The number of hydrogen-bond donors (Lipinski definition) is 0. The summed E-state index contributed by atoms with van der Waals surface area (Å²) < 4.78 is 11.2. The number of esters is 2. The number of thioether (sulfide) groups is 1. The first kappa shape index (κ1) is 50.7. The van der Waals surface area contributed by atoms with E-state index in [0.717, 1.165) is 51.1 Å². The van der Waals surface area contributed by atoms with E-state index in [0.29, 0.717) is 13.2 Å². The predicted octanol–water partition coefficient (Wildman–Crippen LogP) is 14.0. The average Bonchev–Trinajstić information content (AvgIpc) is 3.15. The van der Waals surface area contributed by atoms with Crippen LogP contribution < -0.4 is 0 Å². The van der Waals surface area contributed by atoms with E-state index in [9.17, 15) is 9.59 Å². The number of carbonyl (C=O) groups is 2. The van der Waals surface area contributed by atoms with E-state index in [1.54, 1.807) is 11.8 Å². The van der Waals surface area contributed by atoms with Crippen molar-refractivity contribution in [2.45, 2.75) is 219 Å². The van der Waals surface area contributed by atoms with Gasteiger partial charge in [-0.1, -0.05) is 168 Å². The molecule has 0 aliphatic heterocycles. The summed E-state index contributed by atoms with van der Waals surface area (Å²) in [5.41, 5.74) is 0. The van der Waals surface area contributed by atoms with Crippen LogP contribution in [0.25, 0.3) is 0 Å². The van der Waals surface area contributed by atoms with E-state index >= 15 is 0 Å². The van der Waals surface area contributed by atoms with Gasteiger partial charge in [0.15, 0.2) is 0 Å². The largest absolute Gasteiger partial charge is 0.466 e. The van der Waals surface area contributed by atoms with Crippen LogP contribution in [0, 0.1) is 0 Å². The molecule has 0 spiro atoms. The van der Waals surface area contributed by atoms with Crippen LogP contribution in [0.3, 0.4) is 0 Å². The number of allylic oxidation sites excluding steroid dienone is 4. The molecular weight excluding hydrogens is 663 g/mol. The standard InChI is InChI=1S/C46H87NO4S/c1-5-9-11-13-15-17-19-21-23-25-27-29-31-33-35-37-40-50-45(48)43-44(52-42-39-47(7-3)8-4)46(49)51-41-38-36-34-32-30-28-26-24-22-20-18-16-14-12-10-6-2/h21-24,44H,5-20,25-43H2,1-4H3/b23-21-,24-22-. The zero-order chi connectivity index (χ0) is 38.0. The number of ether oxygens (including phenoxy) is 2. The molecule has 6 heteroatoms. The van der Waals surface area contributed by atoms with Crippen LogP contribution in [-0.4, -0.2) is 60.7 Å². The van der Waals surface area contributed by atoms with Gasteiger partial charge in [-0.05, 0) is 77.3 Å². The van der Waals surface area contributed by atoms with Gasteiger partial charge < -0.3 is 14.4 Å². The fourth-order valence-electron chi connectivity index (χ4n) is 6.44. The second kappa shape index (κ2) is 42.5. The van der Waals surface area contributed by atoms with Gasteiger partial charge in [-0.15, -0.1) is 11.8 Å². The molecule has 52 heavy (non-hydrogen) atoms. The maximum absolute atomic E-state index is 13.0. The molecule has 0 amide bonds. The summed E-state index contributed by atoms with van der Waals surface area (Å²) in [7, 11) is 0. The van der Waals surface area contributed by atoms with Crippen molar-refractivity contribution >= 4 is 23.7 Å². The topological polar surface area (TPSA) is 55.8 Å². The fraction of sp³-hybridized carbons (Fsp3) is 0.870. The number of rotatable bonds is 41. The molecule has 0 saturated heterocycles. The number of nitrogens with zero attached hydrogens (tertiary/aromatic N) is 1. The zero-order valence-electron chi connectivity index (χ0n) is 35.1. The van der Waals surface area contributed by atoms with Crippen molar-refractivity contribution in [2.24, 2.45) is 0 Å². The Hall–Kier alpha value is -1.27. The Morgan fingerprint density at radius 1 is 0.500 bits per heavy atom. The molecule has 306 valence electrons. The van der Waals surface area contributed by atoms with Gasteiger partial charge >= 0.3 is 11.9 Å². The van der Waals surface area contributed by atoms with E-state index in [2.05, 4.69) is 56.9 Å². The first-order valence-corrected chi connectivity index (χ1v) is 23.6. The minimum Gasteiger partial charge on any atom is -0.466 e. The quantitative estimate of drug-likeness (QED) is 0.0352. The van der Waals surface area contributed by atoms with Crippen molar-refractivity contribution in [3.8, 4) is 0 Å². The van der Waals surface area contributed by atoms with Gasteiger partial charge in [0, 0.05) is 12.3 Å². The normalized spacial score (nSPS) is 12.4. The minimum absolute atomic E-state index is 0.0987. The lowest BCUT2D eigenvalue weighted by molar-refractivity contribution is -0.149. The van der Waals surface area contributed by atoms with Gasteiger partial charge in [0.2, 0.25) is 0 Å². The highest BCUT2D eigenvalue weighted by Crippen LogP contribution is 2.19. The third-order valence-electron chi connectivity index (χ3n) is 10.1. The van der Waals surface area contributed by atoms with Crippen LogP contribution in [-0.2, 0) is 19.1 Å². The smallest absolute Gasteiger partial charge is 0.319 e. The Morgan fingerprint density at radius 2 is 0.865 bits per heavy atom. The fourth-order valence-corrected chi connectivity index (χ4v) is 7.54. The number of hydrogen-bond acceptors (Lipinski definition) is 6. The summed E-state index contributed by atoms with van der Waals surface area (Å²) in [6.07, 6.45) is 44.8. The highest BCUT2D eigenvalue weighted by atomic mass is 32.2. The summed E-state index contributed by atoms with van der Waals surface area (Å²) in [4.78, 5) is 28.1. The zero-order valence-corrected chi connectivity index (χ0v) is 35.9. The van der Waals surface area contributed by atoms with Gasteiger partial charge in [0.25, 0.3) is 0 Å². The van der Waals surface area contributed by atoms with E-state index in [4.69, 9.17) is 9.47 Å². The van der Waals surface area contributed by atoms with Crippen molar-refractivity contribution < 1.29 is 19.1 Å². The monoisotopic (exact) mass is 750 g/mol. The summed E-state index contributed by atoms with van der Waals surface area (Å²) in [5, 5.41) is -0.489. The van der Waals surface area contributed by atoms with E-state index in [1.165, 1.54) is 154 Å². The van der Waals surface area contributed by atoms with Crippen LogP contribution in [0.2, 0.25) is 0 Å². The molecule has 0 aliphatic rings. The molecule has 0 bridgehead atoms. The maximum Gasteiger partial charge on any atom is 0.319 e. The third-order valence-corrected chi connectivity index (χ3v) is 11.2. The molecule has 0 radical (unpaired) electrons. The van der Waals surface area contributed by atoms with E-state index < -0.39 is 5.25 Å². The Kier molecular flexibility index (Phi) is 41.4. The van der Waals surface area contributed by atoms with Gasteiger partial charge in [-0.2, -0.15) is 0 Å². The summed E-state index contributed by atoms with van der Waals surface area (Å²) >= 11 is 1.54. The van der Waals surface area contributed by atoms with Gasteiger partial charge in [-0.25, -0.2) is 0 Å². The summed E-state index contributed by atoms with van der Waals surface area (Å²) in [5.74, 6) is 0.270. The Balaban J connectivity index is 4.06. The van der Waals surface area contributed by atoms with Crippen molar-refractivity contribution in [3.63, 3.8) is 0 Å². The average molecular weight is 750 g/mol. The highest BCUT2D eigenvalue weighted by Gasteiger charge is 2.25. The van der Waals surface area contributed by atoms with Crippen molar-refractivity contribution in [3.05, 3.63) is 24.3 Å². The van der Waals surface area contributed by atoms with Crippen molar-refractivity contribution in [2.75, 3.05) is 38.6 Å². The molecule has 0 rings (SSSR count). The molecule has 0 fully saturated rings. The summed E-state index contributed by atoms with van der Waals surface area (Å²) in [6, 6.07) is 0.